The van der Waals surface area contributed by atoms with E-state index in [9.17, 15) is 35.4 Å². The van der Waals surface area contributed by atoms with E-state index in [1.165, 1.54) is 44.6 Å². The number of hydrogen-bond donors (Lipinski definition) is 6. The van der Waals surface area contributed by atoms with Crippen LogP contribution in [0.15, 0.2) is 30.3 Å². The van der Waals surface area contributed by atoms with Gasteiger partial charge >= 0.3 is 0 Å². The van der Waals surface area contributed by atoms with E-state index in [4.69, 9.17) is 18.9 Å². The molecule has 32 heavy (non-hydrogen) atoms. The van der Waals surface area contributed by atoms with Crippen molar-refractivity contribution in [3.8, 4) is 28.7 Å². The number of carbonyl (C=O) groups excluding carboxylic acids is 1. The maximum Gasteiger partial charge on any atom is 0.229 e. The molecule has 6 N–H and O–H groups in total. The van der Waals surface area contributed by atoms with Crippen LogP contribution in [0.2, 0.25) is 0 Å². The van der Waals surface area contributed by atoms with Gasteiger partial charge in [-0.1, -0.05) is 0 Å². The molecular formula is C21H24O11. The number of rotatable bonds is 7. The normalized spacial score (nSPS) is 25.2. The highest BCUT2D eigenvalue weighted by molar-refractivity contribution is 6.13. The standard InChI is InChI=1S/C21H24O11/c1-29-10-6-12(24)16(17(25)9-3-4-11(23)13(5-9)30-2)14(7-10)31-21-20(28)19(27)18(26)15(8-22)32-21/h3-7,15,18-24,26-28H,8H2,1-2H3/t15-,18-,19+,20-,21-/m1/s1. The molecule has 2 aromatic carbocycles. The minimum Gasteiger partial charge on any atom is -0.507 e. The summed E-state index contributed by atoms with van der Waals surface area (Å²) in [6.07, 6.45) is -7.88. The number of ketones is 1. The Kier molecular flexibility index (Phi) is 7.06. The summed E-state index contributed by atoms with van der Waals surface area (Å²) < 4.78 is 21.0. The number of hydrogen-bond acceptors (Lipinski definition) is 11. The second-order valence-corrected chi connectivity index (χ2v) is 7.05. The third kappa shape index (κ3) is 4.42. The Balaban J connectivity index is 2.02. The van der Waals surface area contributed by atoms with Gasteiger partial charge in [0.25, 0.3) is 0 Å². The van der Waals surface area contributed by atoms with Crippen molar-refractivity contribution >= 4 is 5.78 Å². The van der Waals surface area contributed by atoms with Crippen molar-refractivity contribution in [3.63, 3.8) is 0 Å². The molecular weight excluding hydrogens is 428 g/mol. The van der Waals surface area contributed by atoms with E-state index in [2.05, 4.69) is 0 Å². The van der Waals surface area contributed by atoms with Crippen LogP contribution < -0.4 is 14.2 Å². The number of ether oxygens (including phenoxy) is 4. The van der Waals surface area contributed by atoms with Gasteiger partial charge in [0, 0.05) is 17.7 Å². The van der Waals surface area contributed by atoms with E-state index in [0.29, 0.717) is 0 Å². The second-order valence-electron chi connectivity index (χ2n) is 7.05. The fourth-order valence-corrected chi connectivity index (χ4v) is 3.27. The van der Waals surface area contributed by atoms with E-state index in [1.807, 2.05) is 0 Å². The highest BCUT2D eigenvalue weighted by atomic mass is 16.7. The molecule has 0 aliphatic carbocycles. The Morgan fingerprint density at radius 3 is 2.28 bits per heavy atom. The Morgan fingerprint density at radius 2 is 1.66 bits per heavy atom. The summed E-state index contributed by atoms with van der Waals surface area (Å²) in [7, 11) is 2.63. The van der Waals surface area contributed by atoms with Gasteiger partial charge in [-0.3, -0.25) is 4.79 Å². The number of aliphatic hydroxyl groups is 4. The van der Waals surface area contributed by atoms with Crippen LogP contribution in [-0.4, -0.2) is 88.0 Å². The van der Waals surface area contributed by atoms with E-state index in [1.54, 1.807) is 0 Å². The molecule has 3 rings (SSSR count). The topological polar surface area (TPSA) is 175 Å². The molecule has 0 unspecified atom stereocenters. The maximum absolute atomic E-state index is 13.2. The number of benzene rings is 2. The fraction of sp³-hybridized carbons (Fsp3) is 0.381. The minimum absolute atomic E-state index is 0.0280. The van der Waals surface area contributed by atoms with E-state index in [0.717, 1.165) is 0 Å². The van der Waals surface area contributed by atoms with Crippen molar-refractivity contribution in [2.75, 3.05) is 20.8 Å². The van der Waals surface area contributed by atoms with Gasteiger partial charge in [-0.15, -0.1) is 0 Å². The first-order valence-corrected chi connectivity index (χ1v) is 9.51. The van der Waals surface area contributed by atoms with Crippen LogP contribution in [0.3, 0.4) is 0 Å². The van der Waals surface area contributed by atoms with Crippen molar-refractivity contribution in [1.29, 1.82) is 0 Å². The van der Waals surface area contributed by atoms with Gasteiger partial charge in [-0.25, -0.2) is 0 Å². The average molecular weight is 452 g/mol. The third-order valence-electron chi connectivity index (χ3n) is 5.05. The lowest BCUT2D eigenvalue weighted by molar-refractivity contribution is -0.277. The first kappa shape index (κ1) is 23.6. The summed E-state index contributed by atoms with van der Waals surface area (Å²) in [5, 5.41) is 59.8. The van der Waals surface area contributed by atoms with Crippen LogP contribution in [0.25, 0.3) is 0 Å². The predicted molar refractivity (Wildman–Crippen MR) is 107 cm³/mol. The third-order valence-corrected chi connectivity index (χ3v) is 5.05. The largest absolute Gasteiger partial charge is 0.507 e. The molecule has 0 bridgehead atoms. The zero-order chi connectivity index (χ0) is 23.6. The van der Waals surface area contributed by atoms with Crippen LogP contribution >= 0.6 is 0 Å². The molecule has 11 nitrogen and oxygen atoms in total. The molecule has 0 aromatic heterocycles. The molecule has 11 heteroatoms. The summed E-state index contributed by atoms with van der Waals surface area (Å²) in [6, 6.07) is 6.24. The fourth-order valence-electron chi connectivity index (χ4n) is 3.27. The monoisotopic (exact) mass is 452 g/mol. The molecule has 174 valence electrons. The Bertz CT molecular complexity index is 974. The Hall–Kier alpha value is -3.09. The van der Waals surface area contributed by atoms with Gasteiger partial charge in [0.2, 0.25) is 12.1 Å². The van der Waals surface area contributed by atoms with E-state index >= 15 is 0 Å². The molecule has 2 aromatic rings. The quantitative estimate of drug-likeness (QED) is 0.299. The molecule has 0 amide bonds. The number of methoxy groups -OCH3 is 2. The van der Waals surface area contributed by atoms with Crippen LogP contribution in [0.4, 0.5) is 0 Å². The number of phenols is 2. The molecule has 0 saturated carbocycles. The molecule has 1 heterocycles. The SMILES string of the molecule is COc1cc(O)c(C(=O)c2ccc(O)c(OC)c2)c(O[C@@H]2O[C@H](CO)[C@@H](O)[C@H](O)[C@H]2O)c1. The highest BCUT2D eigenvalue weighted by Crippen LogP contribution is 2.38. The number of phenolic OH excluding ortho intramolecular Hbond substituents is 2. The molecule has 5 atom stereocenters. The number of aliphatic hydroxyl groups excluding tert-OH is 4. The minimum atomic E-state index is -1.74. The van der Waals surface area contributed by atoms with Crippen LogP contribution in [0, 0.1) is 0 Å². The van der Waals surface area contributed by atoms with Crippen molar-refractivity contribution < 1.29 is 54.4 Å². The number of carbonyl (C=O) groups is 1. The van der Waals surface area contributed by atoms with Crippen molar-refractivity contribution in [1.82, 2.24) is 0 Å². The van der Waals surface area contributed by atoms with E-state index in [-0.39, 0.29) is 34.1 Å². The van der Waals surface area contributed by atoms with Crippen LogP contribution in [0.5, 0.6) is 28.7 Å². The molecule has 0 radical (unpaired) electrons. The highest BCUT2D eigenvalue weighted by Gasteiger charge is 2.45. The van der Waals surface area contributed by atoms with Gasteiger partial charge in [0.1, 0.15) is 47.2 Å². The second kappa shape index (κ2) is 9.59. The first-order valence-electron chi connectivity index (χ1n) is 9.51. The Morgan fingerprint density at radius 1 is 0.938 bits per heavy atom. The van der Waals surface area contributed by atoms with Crippen molar-refractivity contribution in [2.24, 2.45) is 0 Å². The summed E-state index contributed by atoms with van der Waals surface area (Å²) in [5.74, 6) is -1.55. The summed E-state index contributed by atoms with van der Waals surface area (Å²) in [6.45, 7) is -0.673. The lowest BCUT2D eigenvalue weighted by Crippen LogP contribution is -2.60. The zero-order valence-electron chi connectivity index (χ0n) is 17.2. The van der Waals surface area contributed by atoms with Gasteiger partial charge in [0.15, 0.2) is 11.5 Å². The van der Waals surface area contributed by atoms with E-state index < -0.39 is 48.8 Å². The first-order chi connectivity index (χ1) is 15.2. The molecule has 1 fully saturated rings. The van der Waals surface area contributed by atoms with Gasteiger partial charge in [-0.05, 0) is 18.2 Å². The van der Waals surface area contributed by atoms with Gasteiger partial charge in [-0.2, -0.15) is 0 Å². The van der Waals surface area contributed by atoms with Gasteiger partial charge in [0.05, 0.1) is 20.8 Å². The average Bonchev–Trinajstić information content (AvgIpc) is 2.79. The van der Waals surface area contributed by atoms with Crippen molar-refractivity contribution in [3.05, 3.63) is 41.5 Å². The maximum atomic E-state index is 13.2. The van der Waals surface area contributed by atoms with Crippen LogP contribution in [-0.2, 0) is 4.74 Å². The van der Waals surface area contributed by atoms with Gasteiger partial charge < -0.3 is 49.6 Å². The van der Waals surface area contributed by atoms with Crippen molar-refractivity contribution in [2.45, 2.75) is 30.7 Å². The summed E-state index contributed by atoms with van der Waals surface area (Å²) >= 11 is 0. The predicted octanol–water partition coefficient (Wildman–Crippen LogP) is -0.475. The molecule has 1 aliphatic heterocycles. The molecule has 1 saturated heterocycles. The zero-order valence-corrected chi connectivity index (χ0v) is 17.2. The molecule has 0 spiro atoms. The summed E-state index contributed by atoms with van der Waals surface area (Å²) in [5.41, 5.74) is -0.283. The lowest BCUT2D eigenvalue weighted by atomic mass is 9.98. The van der Waals surface area contributed by atoms with Crippen LogP contribution in [0.1, 0.15) is 15.9 Å². The summed E-state index contributed by atoms with van der Waals surface area (Å²) in [4.78, 5) is 13.2. The Labute approximate surface area is 182 Å². The number of aromatic hydroxyl groups is 2. The molecule has 1 aliphatic rings. The smallest absolute Gasteiger partial charge is 0.229 e. The lowest BCUT2D eigenvalue weighted by Gasteiger charge is -2.39.